The van der Waals surface area contributed by atoms with Crippen LogP contribution in [-0.2, 0) is 5.41 Å². The van der Waals surface area contributed by atoms with Crippen molar-refractivity contribution in [2.75, 3.05) is 7.11 Å². The summed E-state index contributed by atoms with van der Waals surface area (Å²) in [5.74, 6) is 0.876. The molecule has 0 fully saturated rings. The van der Waals surface area contributed by atoms with Crippen molar-refractivity contribution in [1.82, 2.24) is 4.98 Å². The Morgan fingerprint density at radius 3 is 2.32 bits per heavy atom. The molecule has 0 unspecified atom stereocenters. The van der Waals surface area contributed by atoms with Crippen LogP contribution in [0.2, 0.25) is 0 Å². The maximum absolute atomic E-state index is 5.26. The largest absolute Gasteiger partial charge is 0.497 e. The zero-order chi connectivity index (χ0) is 15.7. The third kappa shape index (κ3) is 2.45. The number of nitrogens with zero attached hydrogens (tertiary/aromatic N) is 1. The van der Waals surface area contributed by atoms with Crippen molar-refractivity contribution in [2.24, 2.45) is 0 Å². The van der Waals surface area contributed by atoms with E-state index >= 15 is 0 Å². The van der Waals surface area contributed by atoms with E-state index in [9.17, 15) is 0 Å². The van der Waals surface area contributed by atoms with Gasteiger partial charge in [0.2, 0.25) is 0 Å². The van der Waals surface area contributed by atoms with E-state index in [0.29, 0.717) is 0 Å². The molecule has 2 nitrogen and oxygen atoms in total. The second kappa shape index (κ2) is 5.45. The summed E-state index contributed by atoms with van der Waals surface area (Å²) in [4.78, 5) is 4.86. The van der Waals surface area contributed by atoms with Crippen LogP contribution in [0, 0.1) is 6.92 Å². The lowest BCUT2D eigenvalue weighted by molar-refractivity contribution is 0.414. The SMILES string of the molecule is COc1ccc(C(C)(C)c2nc(C)cc3ccccc23)cc1. The molecule has 2 heteroatoms. The van der Waals surface area contributed by atoms with Crippen LogP contribution in [-0.4, -0.2) is 12.1 Å². The number of hydrogen-bond acceptors (Lipinski definition) is 2. The zero-order valence-electron chi connectivity index (χ0n) is 13.6. The molecule has 2 aromatic carbocycles. The summed E-state index contributed by atoms with van der Waals surface area (Å²) in [6.45, 7) is 6.51. The molecule has 1 aromatic heterocycles. The summed E-state index contributed by atoms with van der Waals surface area (Å²) in [7, 11) is 1.69. The summed E-state index contributed by atoms with van der Waals surface area (Å²) in [6, 6.07) is 18.9. The molecular weight excluding hydrogens is 270 g/mol. The summed E-state index contributed by atoms with van der Waals surface area (Å²) in [6.07, 6.45) is 0. The number of methoxy groups -OCH3 is 1. The highest BCUT2D eigenvalue weighted by atomic mass is 16.5. The topological polar surface area (TPSA) is 22.1 Å². The van der Waals surface area contributed by atoms with Crippen molar-refractivity contribution in [3.8, 4) is 5.75 Å². The number of hydrogen-bond donors (Lipinski definition) is 0. The number of fused-ring (bicyclic) bond motifs is 1. The highest BCUT2D eigenvalue weighted by Crippen LogP contribution is 2.35. The van der Waals surface area contributed by atoms with Crippen LogP contribution >= 0.6 is 0 Å². The first kappa shape index (κ1) is 14.6. The molecular formula is C20H21NO. The molecule has 0 N–H and O–H groups in total. The van der Waals surface area contributed by atoms with Gasteiger partial charge < -0.3 is 4.74 Å². The molecule has 1 heterocycles. The van der Waals surface area contributed by atoms with E-state index in [2.05, 4.69) is 63.2 Å². The highest BCUT2D eigenvalue weighted by Gasteiger charge is 2.27. The minimum Gasteiger partial charge on any atom is -0.497 e. The summed E-state index contributed by atoms with van der Waals surface area (Å²) in [5, 5.41) is 2.46. The van der Waals surface area contributed by atoms with Gasteiger partial charge in [-0.15, -0.1) is 0 Å². The Morgan fingerprint density at radius 1 is 0.955 bits per heavy atom. The number of rotatable bonds is 3. The van der Waals surface area contributed by atoms with Crippen LogP contribution in [0.15, 0.2) is 54.6 Å². The number of pyridine rings is 1. The van der Waals surface area contributed by atoms with E-state index < -0.39 is 0 Å². The summed E-state index contributed by atoms with van der Waals surface area (Å²) in [5.41, 5.74) is 3.23. The van der Waals surface area contributed by atoms with E-state index in [1.54, 1.807) is 7.11 Å². The third-order valence-electron chi connectivity index (χ3n) is 4.27. The molecule has 0 saturated heterocycles. The van der Waals surface area contributed by atoms with Gasteiger partial charge in [-0.2, -0.15) is 0 Å². The first-order valence-electron chi connectivity index (χ1n) is 7.54. The van der Waals surface area contributed by atoms with Gasteiger partial charge in [-0.25, -0.2) is 0 Å². The lowest BCUT2D eigenvalue weighted by atomic mass is 9.79. The van der Waals surface area contributed by atoms with Gasteiger partial charge in [0.05, 0.1) is 12.8 Å². The van der Waals surface area contributed by atoms with Crippen molar-refractivity contribution < 1.29 is 4.74 Å². The van der Waals surface area contributed by atoms with Crippen molar-refractivity contribution in [3.05, 3.63) is 71.5 Å². The molecule has 3 rings (SSSR count). The van der Waals surface area contributed by atoms with Crippen molar-refractivity contribution in [2.45, 2.75) is 26.2 Å². The van der Waals surface area contributed by atoms with Gasteiger partial charge in [-0.1, -0.05) is 50.2 Å². The Morgan fingerprint density at radius 2 is 1.64 bits per heavy atom. The lowest BCUT2D eigenvalue weighted by Crippen LogP contribution is -2.21. The predicted octanol–water partition coefficient (Wildman–Crippen LogP) is 4.88. The minimum absolute atomic E-state index is 0.169. The normalized spacial score (nSPS) is 11.6. The number of aromatic nitrogens is 1. The molecule has 0 atom stereocenters. The Bertz CT molecular complexity index is 804. The van der Waals surface area contributed by atoms with Gasteiger partial charge in [0.1, 0.15) is 5.75 Å². The summed E-state index contributed by atoms with van der Waals surface area (Å²) >= 11 is 0. The van der Waals surface area contributed by atoms with E-state index in [0.717, 1.165) is 17.1 Å². The molecule has 0 bridgehead atoms. The molecule has 112 valence electrons. The first-order valence-corrected chi connectivity index (χ1v) is 7.54. The fourth-order valence-electron chi connectivity index (χ4n) is 2.95. The second-order valence-electron chi connectivity index (χ2n) is 6.19. The Balaban J connectivity index is 2.19. The van der Waals surface area contributed by atoms with Crippen molar-refractivity contribution in [3.63, 3.8) is 0 Å². The molecule has 0 aliphatic carbocycles. The average Bonchev–Trinajstić information content (AvgIpc) is 2.54. The van der Waals surface area contributed by atoms with E-state index in [4.69, 9.17) is 9.72 Å². The van der Waals surface area contributed by atoms with Crippen LogP contribution in [0.25, 0.3) is 10.8 Å². The number of ether oxygens (including phenoxy) is 1. The minimum atomic E-state index is -0.169. The number of benzene rings is 2. The molecule has 3 aromatic rings. The Labute approximate surface area is 131 Å². The molecule has 0 amide bonds. The Hall–Kier alpha value is -2.35. The van der Waals surface area contributed by atoms with Crippen LogP contribution < -0.4 is 4.74 Å². The molecule has 0 saturated carbocycles. The van der Waals surface area contributed by atoms with E-state index in [1.165, 1.54) is 16.3 Å². The lowest BCUT2D eigenvalue weighted by Gasteiger charge is -2.27. The van der Waals surface area contributed by atoms with Crippen LogP contribution in [0.4, 0.5) is 0 Å². The third-order valence-corrected chi connectivity index (χ3v) is 4.27. The maximum Gasteiger partial charge on any atom is 0.118 e. The quantitative estimate of drug-likeness (QED) is 0.686. The van der Waals surface area contributed by atoms with Gasteiger partial charge >= 0.3 is 0 Å². The van der Waals surface area contributed by atoms with Crippen LogP contribution in [0.5, 0.6) is 5.75 Å². The van der Waals surface area contributed by atoms with Gasteiger partial charge in [0.15, 0.2) is 0 Å². The number of aryl methyl sites for hydroxylation is 1. The fourth-order valence-corrected chi connectivity index (χ4v) is 2.95. The molecule has 0 spiro atoms. The second-order valence-corrected chi connectivity index (χ2v) is 6.19. The standard InChI is InChI=1S/C20H21NO/c1-14-13-15-7-5-6-8-18(15)19(21-14)20(2,3)16-9-11-17(22-4)12-10-16/h5-13H,1-4H3. The summed E-state index contributed by atoms with van der Waals surface area (Å²) < 4.78 is 5.26. The van der Waals surface area contributed by atoms with Crippen molar-refractivity contribution in [1.29, 1.82) is 0 Å². The molecule has 0 aliphatic heterocycles. The van der Waals surface area contributed by atoms with Crippen LogP contribution in [0.1, 0.15) is 30.8 Å². The van der Waals surface area contributed by atoms with Gasteiger partial charge in [0, 0.05) is 16.5 Å². The average molecular weight is 291 g/mol. The molecule has 22 heavy (non-hydrogen) atoms. The molecule has 0 radical (unpaired) electrons. The van der Waals surface area contributed by atoms with Gasteiger partial charge in [-0.05, 0) is 36.1 Å². The maximum atomic E-state index is 5.26. The monoisotopic (exact) mass is 291 g/mol. The van der Waals surface area contributed by atoms with Crippen LogP contribution in [0.3, 0.4) is 0 Å². The van der Waals surface area contributed by atoms with Crippen molar-refractivity contribution >= 4 is 10.8 Å². The zero-order valence-corrected chi connectivity index (χ0v) is 13.6. The van der Waals surface area contributed by atoms with Gasteiger partial charge in [-0.3, -0.25) is 4.98 Å². The van der Waals surface area contributed by atoms with E-state index in [-0.39, 0.29) is 5.41 Å². The highest BCUT2D eigenvalue weighted by molar-refractivity contribution is 5.86. The fraction of sp³-hybridized carbons (Fsp3) is 0.250. The van der Waals surface area contributed by atoms with Gasteiger partial charge in [0.25, 0.3) is 0 Å². The predicted molar refractivity (Wildman–Crippen MR) is 91.6 cm³/mol. The smallest absolute Gasteiger partial charge is 0.118 e. The first-order chi connectivity index (χ1) is 10.5. The van der Waals surface area contributed by atoms with E-state index in [1.807, 2.05) is 12.1 Å². The Kier molecular flexibility index (Phi) is 3.61. The molecule has 0 aliphatic rings.